The lowest BCUT2D eigenvalue weighted by Crippen LogP contribution is -2.58. The minimum absolute atomic E-state index is 0.00844. The fourth-order valence-electron chi connectivity index (χ4n) is 2.98. The van der Waals surface area contributed by atoms with E-state index >= 15 is 0 Å². The first-order valence-corrected chi connectivity index (χ1v) is 11.7. The maximum Gasteiger partial charge on any atom is 0.194 e. The zero-order valence-corrected chi connectivity index (χ0v) is 17.3. The van der Waals surface area contributed by atoms with Crippen LogP contribution < -0.4 is 0 Å². The molecule has 2 aliphatic carbocycles. The summed E-state index contributed by atoms with van der Waals surface area (Å²) in [6, 6.07) is 0. The minimum atomic E-state index is -2.21. The fraction of sp³-hybridized carbons (Fsp3) is 0.524. The molecule has 0 aromatic rings. The van der Waals surface area contributed by atoms with Crippen molar-refractivity contribution >= 4 is 8.32 Å². The van der Waals surface area contributed by atoms with E-state index in [0.717, 1.165) is 0 Å². The number of methoxy groups -OCH3 is 1. The van der Waals surface area contributed by atoms with Crippen molar-refractivity contribution in [2.24, 2.45) is 0 Å². The number of allylic oxidation sites excluding steroid dienone is 3. The Labute approximate surface area is 157 Å². The Bertz CT molecular complexity index is 816. The van der Waals surface area contributed by atoms with E-state index in [1.165, 1.54) is 0 Å². The summed E-state index contributed by atoms with van der Waals surface area (Å²) < 4.78 is 18.3. The summed E-state index contributed by atoms with van der Waals surface area (Å²) in [6.07, 6.45) is 6.04. The van der Waals surface area contributed by atoms with Gasteiger partial charge in [0.25, 0.3) is 0 Å². The molecule has 3 rings (SSSR count). The molecule has 1 aliphatic heterocycles. The predicted octanol–water partition coefficient (Wildman–Crippen LogP) is 2.92. The van der Waals surface area contributed by atoms with Gasteiger partial charge in [0.1, 0.15) is 11.9 Å². The molecule has 26 heavy (non-hydrogen) atoms. The summed E-state index contributed by atoms with van der Waals surface area (Å²) >= 11 is 0. The highest BCUT2D eigenvalue weighted by molar-refractivity contribution is 6.74. The molecule has 3 aliphatic rings. The first kappa shape index (κ1) is 19.0. The second kappa shape index (κ2) is 6.15. The number of hydrogen-bond donors (Lipinski definition) is 1. The number of epoxide rings is 1. The molecule has 2 bridgehead atoms. The molecule has 4 nitrogen and oxygen atoms in total. The topological polar surface area (TPSA) is 51.2 Å². The van der Waals surface area contributed by atoms with Gasteiger partial charge in [-0.3, -0.25) is 0 Å². The van der Waals surface area contributed by atoms with Crippen LogP contribution in [0.2, 0.25) is 18.1 Å². The third kappa shape index (κ3) is 2.96. The van der Waals surface area contributed by atoms with Crippen LogP contribution in [0.5, 0.6) is 0 Å². The molecular weight excluding hydrogens is 344 g/mol. The molecule has 5 heteroatoms. The lowest BCUT2D eigenvalue weighted by atomic mass is 9.76. The van der Waals surface area contributed by atoms with E-state index in [0.29, 0.717) is 17.9 Å². The van der Waals surface area contributed by atoms with Crippen LogP contribution in [-0.2, 0) is 13.9 Å². The van der Waals surface area contributed by atoms with Gasteiger partial charge in [0.2, 0.25) is 0 Å². The van der Waals surface area contributed by atoms with Crippen LogP contribution in [0.4, 0.5) is 0 Å². The van der Waals surface area contributed by atoms with E-state index in [9.17, 15) is 5.11 Å². The summed E-state index contributed by atoms with van der Waals surface area (Å²) in [4.78, 5) is 0. The van der Waals surface area contributed by atoms with Crippen LogP contribution in [0.15, 0.2) is 35.6 Å². The Morgan fingerprint density at radius 3 is 2.50 bits per heavy atom. The SMILES string of the molecule is COC1=C[C@@]2(O[Si](C)(C)C(C)(C)C)C#C/C=C\C#C[C@@H](O)C(=C1)C21CO1. The number of rotatable bonds is 3. The monoisotopic (exact) mass is 370 g/mol. The van der Waals surface area contributed by atoms with Gasteiger partial charge in [0, 0.05) is 11.6 Å². The Hall–Kier alpha value is -1.76. The third-order valence-electron chi connectivity index (χ3n) is 5.62. The molecule has 0 aromatic heterocycles. The van der Waals surface area contributed by atoms with Crippen molar-refractivity contribution in [2.75, 3.05) is 13.7 Å². The van der Waals surface area contributed by atoms with Gasteiger partial charge in [-0.05, 0) is 36.4 Å². The van der Waals surface area contributed by atoms with Crippen LogP contribution in [0.25, 0.3) is 0 Å². The van der Waals surface area contributed by atoms with E-state index in [2.05, 4.69) is 57.5 Å². The smallest absolute Gasteiger partial charge is 0.194 e. The maximum absolute atomic E-state index is 10.7. The first-order valence-electron chi connectivity index (χ1n) is 8.77. The maximum atomic E-state index is 10.7. The van der Waals surface area contributed by atoms with Crippen LogP contribution in [0.1, 0.15) is 20.8 Å². The molecule has 0 aromatic carbocycles. The van der Waals surface area contributed by atoms with E-state index in [1.54, 1.807) is 25.3 Å². The van der Waals surface area contributed by atoms with Crippen molar-refractivity contribution in [2.45, 2.75) is 56.2 Å². The Morgan fingerprint density at radius 2 is 1.92 bits per heavy atom. The summed E-state index contributed by atoms with van der Waals surface area (Å²) in [5.41, 5.74) is -1.19. The second-order valence-corrected chi connectivity index (χ2v) is 13.1. The molecule has 1 saturated heterocycles. The summed E-state index contributed by atoms with van der Waals surface area (Å²) in [6.45, 7) is 11.4. The quantitative estimate of drug-likeness (QED) is 0.471. The molecule has 138 valence electrons. The zero-order chi connectivity index (χ0) is 19.2. The van der Waals surface area contributed by atoms with Gasteiger partial charge in [-0.25, -0.2) is 0 Å². The molecule has 1 heterocycles. The molecular formula is C21H26O4Si. The van der Waals surface area contributed by atoms with Gasteiger partial charge in [-0.1, -0.05) is 44.5 Å². The van der Waals surface area contributed by atoms with Crippen molar-refractivity contribution in [1.82, 2.24) is 0 Å². The van der Waals surface area contributed by atoms with Gasteiger partial charge < -0.3 is 19.0 Å². The van der Waals surface area contributed by atoms with Crippen molar-refractivity contribution < 1.29 is 19.0 Å². The van der Waals surface area contributed by atoms with E-state index in [4.69, 9.17) is 13.9 Å². The van der Waals surface area contributed by atoms with E-state index in [-0.39, 0.29) is 5.04 Å². The van der Waals surface area contributed by atoms with E-state index in [1.807, 2.05) is 6.08 Å². The third-order valence-corrected chi connectivity index (χ3v) is 10.1. The molecule has 3 atom stereocenters. The largest absolute Gasteiger partial charge is 0.497 e. The first-order chi connectivity index (χ1) is 12.1. The van der Waals surface area contributed by atoms with Gasteiger partial charge in [-0.15, -0.1) is 0 Å². The molecule has 1 fully saturated rings. The van der Waals surface area contributed by atoms with Crippen molar-refractivity contribution in [3.05, 3.63) is 35.6 Å². The average molecular weight is 371 g/mol. The van der Waals surface area contributed by atoms with Gasteiger partial charge in [-0.2, -0.15) is 0 Å². The number of ether oxygens (including phenoxy) is 2. The van der Waals surface area contributed by atoms with Crippen molar-refractivity contribution in [1.29, 1.82) is 0 Å². The minimum Gasteiger partial charge on any atom is -0.497 e. The molecule has 0 radical (unpaired) electrons. The second-order valence-electron chi connectivity index (χ2n) is 8.36. The highest BCUT2D eigenvalue weighted by atomic mass is 28.4. The molecule has 1 N–H and O–H groups in total. The highest BCUT2D eigenvalue weighted by Gasteiger charge is 2.68. The normalized spacial score (nSPS) is 33.7. The summed E-state index contributed by atoms with van der Waals surface area (Å²) in [5.74, 6) is 12.6. The lowest BCUT2D eigenvalue weighted by Gasteiger charge is -2.46. The Balaban J connectivity index is 2.21. The van der Waals surface area contributed by atoms with Crippen LogP contribution >= 0.6 is 0 Å². The summed E-state index contributed by atoms with van der Waals surface area (Å²) in [7, 11) is -0.617. The van der Waals surface area contributed by atoms with Crippen LogP contribution in [0.3, 0.4) is 0 Å². The fourth-order valence-corrected chi connectivity index (χ4v) is 4.37. The number of aliphatic hydroxyl groups is 1. The zero-order valence-electron chi connectivity index (χ0n) is 16.3. The molecule has 1 unspecified atom stereocenters. The van der Waals surface area contributed by atoms with Crippen LogP contribution in [0, 0.1) is 23.7 Å². The van der Waals surface area contributed by atoms with Gasteiger partial charge >= 0.3 is 0 Å². The van der Waals surface area contributed by atoms with E-state index < -0.39 is 25.6 Å². The lowest BCUT2D eigenvalue weighted by molar-refractivity contribution is 0.0634. The Morgan fingerprint density at radius 1 is 1.27 bits per heavy atom. The molecule has 1 spiro atoms. The highest BCUT2D eigenvalue weighted by Crippen LogP contribution is 2.54. The Kier molecular flexibility index (Phi) is 4.49. The molecule has 0 saturated carbocycles. The standard InChI is InChI=1S/C21H26O4Si/c1-19(2,3)26(5,6)25-20-12-10-8-7-9-11-18(22)17(21(20)15-24-21)13-16(14-20)23-4/h7-8,13-14,18,22H,15H2,1-6H3/b8-7-/t18-,20+,21?/m1/s1. The van der Waals surface area contributed by atoms with Crippen LogP contribution in [-0.4, -0.2) is 44.4 Å². The van der Waals surface area contributed by atoms with Crippen molar-refractivity contribution in [3.63, 3.8) is 0 Å². The number of hydrogen-bond acceptors (Lipinski definition) is 4. The average Bonchev–Trinajstić information content (AvgIpc) is 3.32. The predicted molar refractivity (Wildman–Crippen MR) is 104 cm³/mol. The van der Waals surface area contributed by atoms with Gasteiger partial charge in [0.05, 0.1) is 13.7 Å². The molecule has 0 amide bonds. The number of aliphatic hydroxyl groups excluding tert-OH is 1. The summed E-state index contributed by atoms with van der Waals surface area (Å²) in [5, 5.41) is 10.7. The van der Waals surface area contributed by atoms with Gasteiger partial charge in [0.15, 0.2) is 19.5 Å². The van der Waals surface area contributed by atoms with Crippen molar-refractivity contribution in [3.8, 4) is 23.7 Å².